The molecule has 1 aromatic carbocycles. The van der Waals surface area contributed by atoms with Gasteiger partial charge in [0.1, 0.15) is 31.0 Å². The number of carbonyl (C=O) groups excluding carboxylic acids is 5. The van der Waals surface area contributed by atoms with Gasteiger partial charge >= 0.3 is 12.1 Å². The van der Waals surface area contributed by atoms with Crippen LogP contribution in [-0.2, 0) is 60.9 Å². The van der Waals surface area contributed by atoms with Gasteiger partial charge in [0.15, 0.2) is 48.0 Å². The second-order valence-electron chi connectivity index (χ2n) is 30.5. The minimum absolute atomic E-state index is 0.000594. The number of ketones is 2. The molecule has 1 saturated heterocycles. The van der Waals surface area contributed by atoms with Gasteiger partial charge in [0.25, 0.3) is 5.91 Å². The van der Waals surface area contributed by atoms with Crippen molar-refractivity contribution in [1.29, 1.82) is 0 Å². The van der Waals surface area contributed by atoms with Crippen LogP contribution in [0.15, 0.2) is 84.5 Å². The van der Waals surface area contributed by atoms with Crippen LogP contribution in [0.3, 0.4) is 0 Å². The van der Waals surface area contributed by atoms with E-state index in [9.17, 15) is 9.90 Å². The van der Waals surface area contributed by atoms with Crippen LogP contribution in [0.2, 0.25) is 54.4 Å². The zero-order valence-corrected chi connectivity index (χ0v) is 68.0. The molecule has 2 aliphatic heterocycles. The number of piperidine rings is 1. The summed E-state index contributed by atoms with van der Waals surface area (Å²) in [4.78, 5) is 77.1. The third-order valence-corrected chi connectivity index (χ3v) is 36.4. The second-order valence-corrected chi connectivity index (χ2v) is 44.7. The number of cyclic esters (lactones) is 1. The topological polar surface area (TPSA) is 201 Å². The van der Waals surface area contributed by atoms with E-state index in [2.05, 4.69) is 102 Å². The largest absolute Gasteiger partial charge is 0.508 e. The lowest BCUT2D eigenvalue weighted by Crippen LogP contribution is -2.56. The van der Waals surface area contributed by atoms with E-state index in [1.807, 2.05) is 58.1 Å². The highest BCUT2D eigenvalue weighted by Gasteiger charge is 2.47. The Hall–Kier alpha value is -4.52. The number of Topliss-reactive ketones (excluding diaryl/α,β-unsaturated/α-hetero) is 2. The summed E-state index contributed by atoms with van der Waals surface area (Å²) in [5, 5.41) is 11.2. The first-order valence-electron chi connectivity index (χ1n) is 37.6. The average Bonchev–Trinajstić information content (AvgIpc) is 0.820. The number of esters is 1. The van der Waals surface area contributed by atoms with Gasteiger partial charge in [-0.25, -0.2) is 9.59 Å². The van der Waals surface area contributed by atoms with Gasteiger partial charge in [-0.15, -0.1) is 0 Å². The summed E-state index contributed by atoms with van der Waals surface area (Å²) in [6.07, 6.45) is 12.7. The number of hydrogen-bond donors (Lipinski definition) is 1. The number of ether oxygens (including phenoxy) is 7. The van der Waals surface area contributed by atoms with Gasteiger partial charge in [-0.1, -0.05) is 158 Å². The quantitative estimate of drug-likeness (QED) is 0.0469. The molecule has 1 unspecified atom stereocenters. The van der Waals surface area contributed by atoms with Gasteiger partial charge in [-0.2, -0.15) is 0 Å². The van der Waals surface area contributed by atoms with E-state index in [1.165, 1.54) is 23.1 Å². The highest BCUT2D eigenvalue weighted by Crippen LogP contribution is 2.43. The minimum atomic E-state index is -2.47. The Bertz CT molecular complexity index is 2790. The fraction of sp³-hybridized carbons (Fsp3) is 0.734. The summed E-state index contributed by atoms with van der Waals surface area (Å²) in [5.41, 5.74) is 1.73. The van der Waals surface area contributed by atoms with Crippen LogP contribution in [0.25, 0.3) is 0 Å². The van der Waals surface area contributed by atoms with Crippen molar-refractivity contribution in [2.24, 2.45) is 35.5 Å². The molecule has 562 valence electrons. The molecule has 0 bridgehead atoms. The molecule has 99 heavy (non-hydrogen) atoms. The van der Waals surface area contributed by atoms with E-state index in [1.54, 1.807) is 40.4 Å². The number of hydrogen-bond acceptors (Lipinski definition) is 16. The summed E-state index contributed by atoms with van der Waals surface area (Å²) in [7, 11) is -1.84. The Balaban J connectivity index is 2.00. The van der Waals surface area contributed by atoms with Crippen LogP contribution in [0.1, 0.15) is 188 Å². The molecule has 16 atom stereocenters. The van der Waals surface area contributed by atoms with Gasteiger partial charge in [0, 0.05) is 64.6 Å². The molecule has 20 heteroatoms. The predicted molar refractivity (Wildman–Crippen MR) is 403 cm³/mol. The van der Waals surface area contributed by atoms with Crippen molar-refractivity contribution >= 4 is 54.6 Å². The number of phenols is 1. The van der Waals surface area contributed by atoms with Crippen molar-refractivity contribution in [3.8, 4) is 11.5 Å². The van der Waals surface area contributed by atoms with Crippen LogP contribution in [0.4, 0.5) is 4.79 Å². The Morgan fingerprint density at radius 1 is 0.717 bits per heavy atom. The maximum Gasteiger partial charge on any atom is 0.508 e. The molecule has 2 fully saturated rings. The summed E-state index contributed by atoms with van der Waals surface area (Å²) in [6, 6.07) is 10.3. The van der Waals surface area contributed by atoms with E-state index >= 15 is 19.2 Å². The van der Waals surface area contributed by atoms with Crippen molar-refractivity contribution in [2.75, 3.05) is 34.5 Å². The molecule has 2 heterocycles. The minimum Gasteiger partial charge on any atom is -0.504 e. The Labute approximate surface area is 601 Å². The highest BCUT2D eigenvalue weighted by atomic mass is 28.4. The molecule has 0 aromatic heterocycles. The number of nitrogens with zero attached hydrogens (tertiary/aromatic N) is 1. The monoisotopic (exact) mass is 1440 g/mol. The number of phenolic OH excluding ortho intramolecular Hbond substituents is 1. The Morgan fingerprint density at radius 3 is 1.96 bits per heavy atom. The van der Waals surface area contributed by atoms with Gasteiger partial charge in [0.05, 0.1) is 24.4 Å². The second kappa shape index (κ2) is 41.7. The first kappa shape index (κ1) is 86.9. The molecule has 1 amide bonds. The maximum atomic E-state index is 15.7. The van der Waals surface area contributed by atoms with E-state index in [-0.39, 0.29) is 90.5 Å². The number of benzene rings is 1. The molecular formula is C79H133NO16Si3. The summed E-state index contributed by atoms with van der Waals surface area (Å²) < 4.78 is 65.7. The van der Waals surface area contributed by atoms with Crippen molar-refractivity contribution in [1.82, 2.24) is 4.90 Å². The number of carbonyl (C=O) groups is 5. The normalized spacial score (nSPS) is 30.8. The van der Waals surface area contributed by atoms with Crippen LogP contribution in [0.5, 0.6) is 11.5 Å². The number of rotatable bonds is 23. The first-order valence-corrected chi connectivity index (χ1v) is 45.6. The number of para-hydroxylation sites is 2. The molecule has 0 spiro atoms. The van der Waals surface area contributed by atoms with Crippen molar-refractivity contribution in [3.05, 3.63) is 84.5 Å². The van der Waals surface area contributed by atoms with Gasteiger partial charge in [-0.05, 0) is 173 Å². The number of amides is 1. The third kappa shape index (κ3) is 25.4. The smallest absolute Gasteiger partial charge is 0.504 e. The van der Waals surface area contributed by atoms with E-state index in [4.69, 9.17) is 46.4 Å². The summed E-state index contributed by atoms with van der Waals surface area (Å²) in [6.45, 7) is 41.9. The molecule has 1 aliphatic carbocycles. The van der Waals surface area contributed by atoms with Crippen LogP contribution in [-0.4, -0.2) is 160 Å². The number of aromatic hydroxyl groups is 1. The number of allylic oxidation sites excluding steroid dienone is 5. The fourth-order valence-corrected chi connectivity index (χ4v) is 21.6. The zero-order valence-electron chi connectivity index (χ0n) is 65.0. The van der Waals surface area contributed by atoms with Crippen molar-refractivity contribution in [2.45, 2.75) is 303 Å². The van der Waals surface area contributed by atoms with Gasteiger partial charge in [-0.3, -0.25) is 14.4 Å². The van der Waals surface area contributed by atoms with Gasteiger partial charge < -0.3 is 56.4 Å². The molecule has 1 N–H and O–H groups in total. The fourth-order valence-electron chi connectivity index (χ4n) is 14.5. The average molecular weight is 1440 g/mol. The SMILES string of the molecule is C=CCOC(=O)O[C@@H]1C[C@@H]([C@H](C)C[C@@H]2CC[C@@H](O[Si](C)(C)C(C)(C)C)[C@H](OC)C2)OC(=O)[C@@H]2CCCCN2C(=O)C(Oc2ccccc2O)C(=O)[C@H](C)CC[C@H](O[Si](CC)(CC)CC)C[C@H](OC)/C(C)=C/C=C/C=C/[C@@H](C)C[C@@H](C)C(=O)[C@H](OC)[C@H](O[Si](CC)(CC)CC)/C(C)=C/[C@H]1C. The first-order chi connectivity index (χ1) is 46.8. The number of methoxy groups -OCH3 is 3. The van der Waals surface area contributed by atoms with Crippen LogP contribution < -0.4 is 4.74 Å². The Morgan fingerprint density at radius 2 is 1.36 bits per heavy atom. The highest BCUT2D eigenvalue weighted by molar-refractivity contribution is 6.74. The van der Waals surface area contributed by atoms with Crippen molar-refractivity contribution in [3.63, 3.8) is 0 Å². The van der Waals surface area contributed by atoms with Gasteiger partial charge in [0.2, 0.25) is 6.10 Å². The lowest BCUT2D eigenvalue weighted by atomic mass is 9.78. The van der Waals surface area contributed by atoms with E-state index in [0.29, 0.717) is 51.4 Å². The lowest BCUT2D eigenvalue weighted by Gasteiger charge is -2.44. The Kier molecular flexibility index (Phi) is 36.6. The lowest BCUT2D eigenvalue weighted by molar-refractivity contribution is -0.168. The third-order valence-electron chi connectivity index (χ3n) is 22.6. The molecule has 0 radical (unpaired) electrons. The zero-order chi connectivity index (χ0) is 74.0. The number of fused-ring (bicyclic) bond motifs is 1. The van der Waals surface area contributed by atoms with Crippen LogP contribution in [0, 0.1) is 35.5 Å². The molecule has 17 nitrogen and oxygen atoms in total. The predicted octanol–water partition coefficient (Wildman–Crippen LogP) is 17.8. The van der Waals surface area contributed by atoms with E-state index < -0.39 is 103 Å². The molecule has 1 saturated carbocycles. The molecule has 3 aliphatic rings. The maximum absolute atomic E-state index is 15.7. The molecule has 4 rings (SSSR count). The summed E-state index contributed by atoms with van der Waals surface area (Å²) >= 11 is 0. The standard InChI is InChI=1S/C79H133NO16Si3/c1-23-47-90-78(86)93-69-53-68(58(12)50-61-43-45-66(70(51-61)88-19)95-97(21,22)79(15,16)17)92-77(85)63-39-35-36-46-80(63)76(84)75(91-65-41-34-33-40-64(65)81)71(82)56(10)42-44-62(94-98(24-2,25-3)26-4)52-67(87-18)55(9)38-32-30-31-37-54(8)48-59(13)72(83)74(89-20)73(60(14)49-57(69)11)96-99(27-5,28-6)29-7/h23,30-34,37-38,40-41,49,54,56-59,61-63,66-70,73-75,81H,1,24-29,35-36,39,42-48,50-53H2,2-22H3/b32-30+,37-31+,55-38+,60-49+/t54-,56-,57-,58-,59-,61+,62+,63+,66-,67+,68+,69-,70-,73-,74+,75?/m1/s1. The van der Waals surface area contributed by atoms with Crippen molar-refractivity contribution < 1.29 is 75.5 Å². The molecule has 1 aromatic rings. The van der Waals surface area contributed by atoms with E-state index in [0.717, 1.165) is 60.3 Å². The summed E-state index contributed by atoms with van der Waals surface area (Å²) in [5.74, 6) is -4.13. The molecular weight excluding hydrogens is 1300 g/mol. The van der Waals surface area contributed by atoms with Crippen LogP contribution >= 0.6 is 0 Å².